The van der Waals surface area contributed by atoms with Crippen LogP contribution in [0.25, 0.3) is 0 Å². The molecule has 1 N–H and O–H groups in total. The normalized spacial score (nSPS) is 10.3. The molecule has 19 heavy (non-hydrogen) atoms. The molecule has 0 aliphatic carbocycles. The van der Waals surface area contributed by atoms with Gasteiger partial charge < -0.3 is 5.32 Å². The highest BCUT2D eigenvalue weighted by Gasteiger charge is 2.09. The van der Waals surface area contributed by atoms with Crippen LogP contribution in [0.15, 0.2) is 49.8 Å². The van der Waals surface area contributed by atoms with E-state index >= 15 is 0 Å². The number of hydrogen-bond acceptors (Lipinski definition) is 1. The van der Waals surface area contributed by atoms with Crippen LogP contribution >= 0.6 is 47.8 Å². The number of rotatable bonds is 2. The van der Waals surface area contributed by atoms with Gasteiger partial charge in [0.15, 0.2) is 0 Å². The summed E-state index contributed by atoms with van der Waals surface area (Å²) in [5.74, 6) is -0.147. The van der Waals surface area contributed by atoms with Gasteiger partial charge >= 0.3 is 0 Å². The maximum absolute atomic E-state index is 12.2. The molecule has 0 saturated carbocycles. The first-order valence-electron chi connectivity index (χ1n) is 5.49. The van der Waals surface area contributed by atoms with Crippen LogP contribution in [0, 0.1) is 6.92 Å². The molecule has 0 unspecified atom stereocenters. The van der Waals surface area contributed by atoms with Crippen molar-refractivity contribution in [2.24, 2.45) is 0 Å². The molecule has 0 atom stereocenters. The maximum atomic E-state index is 12.2. The van der Waals surface area contributed by atoms with Gasteiger partial charge in [0.2, 0.25) is 0 Å². The highest BCUT2D eigenvalue weighted by molar-refractivity contribution is 9.11. The summed E-state index contributed by atoms with van der Waals surface area (Å²) in [5, 5.41) is 2.88. The number of anilines is 1. The SMILES string of the molecule is Cc1ccc(NC(=O)c2cc(Br)cc(Br)c2)c(Br)c1. The third kappa shape index (κ3) is 3.91. The van der Waals surface area contributed by atoms with E-state index in [2.05, 4.69) is 53.1 Å². The van der Waals surface area contributed by atoms with E-state index < -0.39 is 0 Å². The molecule has 2 nitrogen and oxygen atoms in total. The minimum atomic E-state index is -0.147. The molecule has 0 fully saturated rings. The van der Waals surface area contributed by atoms with E-state index in [4.69, 9.17) is 0 Å². The van der Waals surface area contributed by atoms with Crippen LogP contribution in [-0.4, -0.2) is 5.91 Å². The molecule has 1 amide bonds. The van der Waals surface area contributed by atoms with Crippen molar-refractivity contribution >= 4 is 59.4 Å². The third-order valence-corrected chi connectivity index (χ3v) is 4.07. The Balaban J connectivity index is 2.25. The van der Waals surface area contributed by atoms with Gasteiger partial charge in [0.25, 0.3) is 5.91 Å². The van der Waals surface area contributed by atoms with E-state index in [1.54, 1.807) is 12.1 Å². The molecule has 0 radical (unpaired) electrons. The first-order chi connectivity index (χ1) is 8.95. The van der Waals surface area contributed by atoms with E-state index in [1.807, 2.05) is 31.2 Å². The van der Waals surface area contributed by atoms with Crippen molar-refractivity contribution in [1.29, 1.82) is 0 Å². The summed E-state index contributed by atoms with van der Waals surface area (Å²) in [6.45, 7) is 2.00. The molecule has 0 aliphatic heterocycles. The molecule has 2 aromatic rings. The Morgan fingerprint density at radius 1 is 1.00 bits per heavy atom. The summed E-state index contributed by atoms with van der Waals surface area (Å²) in [5.41, 5.74) is 2.48. The smallest absolute Gasteiger partial charge is 0.255 e. The first-order valence-corrected chi connectivity index (χ1v) is 7.87. The topological polar surface area (TPSA) is 29.1 Å². The molecule has 0 spiro atoms. The van der Waals surface area contributed by atoms with Crippen molar-refractivity contribution in [2.75, 3.05) is 5.32 Å². The molecule has 98 valence electrons. The lowest BCUT2D eigenvalue weighted by Crippen LogP contribution is -2.12. The number of halogens is 3. The first kappa shape index (κ1) is 14.8. The van der Waals surface area contributed by atoms with Crippen molar-refractivity contribution < 1.29 is 4.79 Å². The fourth-order valence-electron chi connectivity index (χ4n) is 1.60. The van der Waals surface area contributed by atoms with E-state index in [0.29, 0.717) is 5.56 Å². The zero-order chi connectivity index (χ0) is 14.0. The van der Waals surface area contributed by atoms with Crippen LogP contribution in [-0.2, 0) is 0 Å². The Hall–Kier alpha value is -0.650. The van der Waals surface area contributed by atoms with Crippen molar-refractivity contribution in [3.63, 3.8) is 0 Å². The monoisotopic (exact) mass is 445 g/mol. The molecule has 2 rings (SSSR count). The Morgan fingerprint density at radius 2 is 1.63 bits per heavy atom. The lowest BCUT2D eigenvalue weighted by Gasteiger charge is -2.09. The lowest BCUT2D eigenvalue weighted by atomic mass is 10.2. The molecule has 0 saturated heterocycles. The van der Waals surface area contributed by atoms with Crippen LogP contribution in [0.4, 0.5) is 5.69 Å². The quantitative estimate of drug-likeness (QED) is 0.643. The number of benzene rings is 2. The molecule has 0 heterocycles. The minimum Gasteiger partial charge on any atom is -0.321 e. The number of nitrogens with one attached hydrogen (secondary N) is 1. The fraction of sp³-hybridized carbons (Fsp3) is 0.0714. The zero-order valence-corrected chi connectivity index (χ0v) is 14.8. The highest BCUT2D eigenvalue weighted by Crippen LogP contribution is 2.25. The summed E-state index contributed by atoms with van der Waals surface area (Å²) < 4.78 is 2.58. The van der Waals surface area contributed by atoms with Crippen molar-refractivity contribution in [1.82, 2.24) is 0 Å². The van der Waals surface area contributed by atoms with Gasteiger partial charge in [-0.2, -0.15) is 0 Å². The number of amides is 1. The molecule has 5 heteroatoms. The predicted octanol–water partition coefficient (Wildman–Crippen LogP) is 5.53. The van der Waals surface area contributed by atoms with Crippen molar-refractivity contribution in [3.8, 4) is 0 Å². The molecule has 2 aromatic carbocycles. The van der Waals surface area contributed by atoms with Gasteiger partial charge in [-0.25, -0.2) is 0 Å². The maximum Gasteiger partial charge on any atom is 0.255 e. The number of carbonyl (C=O) groups excluding carboxylic acids is 1. The average Bonchev–Trinajstić information content (AvgIpc) is 2.31. The second kappa shape index (κ2) is 6.20. The average molecular weight is 448 g/mol. The van der Waals surface area contributed by atoms with E-state index in [-0.39, 0.29) is 5.91 Å². The van der Waals surface area contributed by atoms with Gasteiger partial charge in [-0.15, -0.1) is 0 Å². The van der Waals surface area contributed by atoms with Crippen molar-refractivity contribution in [3.05, 3.63) is 60.9 Å². The third-order valence-electron chi connectivity index (χ3n) is 2.50. The summed E-state index contributed by atoms with van der Waals surface area (Å²) in [7, 11) is 0. The van der Waals surface area contributed by atoms with Gasteiger partial charge in [0.1, 0.15) is 0 Å². The standard InChI is InChI=1S/C14H10Br3NO/c1-8-2-3-13(12(17)4-8)18-14(19)9-5-10(15)7-11(16)6-9/h2-7H,1H3,(H,18,19). The number of aryl methyl sites for hydroxylation is 1. The summed E-state index contributed by atoms with van der Waals surface area (Å²) >= 11 is 10.2. The van der Waals surface area contributed by atoms with Crippen LogP contribution in [0.5, 0.6) is 0 Å². The van der Waals surface area contributed by atoms with Gasteiger partial charge in [-0.1, -0.05) is 37.9 Å². The number of hydrogen-bond donors (Lipinski definition) is 1. The molecule has 0 bridgehead atoms. The van der Waals surface area contributed by atoms with Gasteiger partial charge in [-0.3, -0.25) is 4.79 Å². The Kier molecular flexibility index (Phi) is 4.81. The summed E-state index contributed by atoms with van der Waals surface area (Å²) in [6.07, 6.45) is 0. The van der Waals surface area contributed by atoms with Gasteiger partial charge in [0, 0.05) is 19.0 Å². The fourth-order valence-corrected chi connectivity index (χ4v) is 3.49. The molecule has 0 aromatic heterocycles. The highest BCUT2D eigenvalue weighted by atomic mass is 79.9. The minimum absolute atomic E-state index is 0.147. The Morgan fingerprint density at radius 3 is 2.21 bits per heavy atom. The Bertz CT molecular complexity index is 620. The van der Waals surface area contributed by atoms with E-state index in [9.17, 15) is 4.79 Å². The zero-order valence-electron chi connectivity index (χ0n) is 10.0. The summed E-state index contributed by atoms with van der Waals surface area (Å²) in [4.78, 5) is 12.2. The largest absolute Gasteiger partial charge is 0.321 e. The van der Waals surface area contributed by atoms with Gasteiger partial charge in [0.05, 0.1) is 5.69 Å². The molecular weight excluding hydrogens is 438 g/mol. The van der Waals surface area contributed by atoms with E-state index in [1.165, 1.54) is 0 Å². The molecular formula is C14H10Br3NO. The predicted molar refractivity (Wildman–Crippen MR) is 88.7 cm³/mol. The van der Waals surface area contributed by atoms with E-state index in [0.717, 1.165) is 24.7 Å². The second-order valence-electron chi connectivity index (χ2n) is 4.10. The van der Waals surface area contributed by atoms with Crippen LogP contribution in [0.2, 0.25) is 0 Å². The van der Waals surface area contributed by atoms with Crippen molar-refractivity contribution in [2.45, 2.75) is 6.92 Å². The Labute approximate surface area is 137 Å². The van der Waals surface area contributed by atoms with Crippen LogP contribution in [0.3, 0.4) is 0 Å². The lowest BCUT2D eigenvalue weighted by molar-refractivity contribution is 0.102. The second-order valence-corrected chi connectivity index (χ2v) is 6.78. The number of carbonyl (C=O) groups is 1. The van der Waals surface area contributed by atoms with Crippen LogP contribution in [0.1, 0.15) is 15.9 Å². The summed E-state index contributed by atoms with van der Waals surface area (Å²) in [6, 6.07) is 11.2. The van der Waals surface area contributed by atoms with Crippen LogP contribution < -0.4 is 5.32 Å². The van der Waals surface area contributed by atoms with Gasteiger partial charge in [-0.05, 0) is 58.7 Å². The molecule has 0 aliphatic rings.